The van der Waals surface area contributed by atoms with E-state index in [-0.39, 0.29) is 23.8 Å². The molecule has 0 radical (unpaired) electrons. The van der Waals surface area contributed by atoms with Crippen molar-refractivity contribution >= 4 is 29.3 Å². The van der Waals surface area contributed by atoms with Gasteiger partial charge in [0.05, 0.1) is 17.8 Å². The molecular weight excluding hydrogens is 430 g/mol. The molecule has 32 heavy (non-hydrogen) atoms. The predicted octanol–water partition coefficient (Wildman–Crippen LogP) is 4.86. The maximum atomic E-state index is 14.4. The van der Waals surface area contributed by atoms with Crippen LogP contribution in [-0.4, -0.2) is 29.0 Å². The average Bonchev–Trinajstić information content (AvgIpc) is 3.31. The first-order chi connectivity index (χ1) is 15.4. The summed E-state index contributed by atoms with van der Waals surface area (Å²) in [5, 5.41) is 0. The summed E-state index contributed by atoms with van der Waals surface area (Å²) in [5.74, 6) is -1.22. The largest absolute Gasteiger partial charge is 0.311 e. The molecule has 162 valence electrons. The number of hydrogen-bond acceptors (Lipinski definition) is 3. The Morgan fingerprint density at radius 3 is 2.66 bits per heavy atom. The van der Waals surface area contributed by atoms with Gasteiger partial charge in [0.2, 0.25) is 0 Å². The van der Waals surface area contributed by atoms with Crippen LogP contribution in [0.5, 0.6) is 0 Å². The Labute approximate surface area is 188 Å². The Bertz CT molecular complexity index is 1250. The van der Waals surface area contributed by atoms with E-state index < -0.39 is 16.6 Å². The Hall–Kier alpha value is -3.19. The van der Waals surface area contributed by atoms with Crippen molar-refractivity contribution in [3.8, 4) is 0 Å². The molecule has 4 nitrogen and oxygen atoms in total. The summed E-state index contributed by atoms with van der Waals surface area (Å²) < 4.78 is 28.2. The van der Waals surface area contributed by atoms with Crippen LogP contribution in [0.2, 0.25) is 0 Å². The van der Waals surface area contributed by atoms with Crippen molar-refractivity contribution in [1.82, 2.24) is 4.90 Å². The van der Waals surface area contributed by atoms with Gasteiger partial charge in [-0.1, -0.05) is 42.0 Å². The molecule has 2 amide bonds. The number of nitrogens with zero attached hydrogens (tertiary/aromatic N) is 2. The fraction of sp³-hybridized carbons (Fsp3) is 0.200. The van der Waals surface area contributed by atoms with E-state index in [1.165, 1.54) is 47.0 Å². The van der Waals surface area contributed by atoms with Crippen LogP contribution in [-0.2, 0) is 16.2 Å². The minimum atomic E-state index is -1.27. The SMILES string of the molecule is Cc1ccc2c(c1)[C@]1(SCCN1C(=O)c1ccccc1F)C(=O)N2Cc1cccc(F)c1. The van der Waals surface area contributed by atoms with E-state index in [4.69, 9.17) is 0 Å². The van der Waals surface area contributed by atoms with Gasteiger partial charge in [-0.2, -0.15) is 0 Å². The number of carbonyl (C=O) groups excluding carboxylic acids is 2. The fourth-order valence-electron chi connectivity index (χ4n) is 4.48. The average molecular weight is 451 g/mol. The fourth-order valence-corrected chi connectivity index (χ4v) is 5.94. The Kier molecular flexibility index (Phi) is 5.01. The lowest BCUT2D eigenvalue weighted by molar-refractivity contribution is -0.123. The summed E-state index contributed by atoms with van der Waals surface area (Å²) in [5.41, 5.74) is 2.95. The minimum absolute atomic E-state index is 0.0556. The molecular formula is C25H20F2N2O2S. The molecule has 2 aliphatic rings. The van der Waals surface area contributed by atoms with Crippen LogP contribution in [0.1, 0.15) is 27.0 Å². The number of aryl methyl sites for hydroxylation is 1. The zero-order valence-electron chi connectivity index (χ0n) is 17.3. The first kappa shape index (κ1) is 20.7. The lowest BCUT2D eigenvalue weighted by atomic mass is 10.0. The molecule has 0 aliphatic carbocycles. The Morgan fingerprint density at radius 1 is 1.06 bits per heavy atom. The highest BCUT2D eigenvalue weighted by Gasteiger charge is 2.59. The molecule has 0 bridgehead atoms. The van der Waals surface area contributed by atoms with E-state index in [1.807, 2.05) is 25.1 Å². The standard InChI is InChI=1S/C25H20F2N2O2S/c1-16-9-10-22-20(13-16)25(24(31)28(22)15-17-5-4-6-18(26)14-17)29(11-12-32-25)23(30)19-7-2-3-8-21(19)27/h2-10,13-14H,11-12,15H2,1H3/t25-/m0/s1. The number of thioether (sulfide) groups is 1. The molecule has 0 unspecified atom stereocenters. The van der Waals surface area contributed by atoms with Gasteiger partial charge in [0.1, 0.15) is 11.6 Å². The van der Waals surface area contributed by atoms with E-state index in [2.05, 4.69) is 0 Å². The number of halogens is 2. The molecule has 2 heterocycles. The second-order valence-electron chi connectivity index (χ2n) is 7.97. The monoisotopic (exact) mass is 450 g/mol. The van der Waals surface area contributed by atoms with E-state index in [1.54, 1.807) is 23.1 Å². The van der Waals surface area contributed by atoms with Crippen molar-refractivity contribution < 1.29 is 18.4 Å². The van der Waals surface area contributed by atoms with E-state index in [9.17, 15) is 18.4 Å². The number of carbonyl (C=O) groups is 2. The molecule has 2 aliphatic heterocycles. The lowest BCUT2D eigenvalue weighted by Gasteiger charge is -2.33. The topological polar surface area (TPSA) is 40.6 Å². The summed E-state index contributed by atoms with van der Waals surface area (Å²) in [4.78, 5) is 29.2. The number of amides is 2. The van der Waals surface area contributed by atoms with Crippen molar-refractivity contribution in [2.45, 2.75) is 18.3 Å². The summed E-state index contributed by atoms with van der Waals surface area (Å²) in [6, 6.07) is 17.6. The van der Waals surface area contributed by atoms with Crippen molar-refractivity contribution in [1.29, 1.82) is 0 Å². The van der Waals surface area contributed by atoms with Crippen molar-refractivity contribution in [3.63, 3.8) is 0 Å². The number of rotatable bonds is 3. The molecule has 1 spiro atoms. The first-order valence-electron chi connectivity index (χ1n) is 10.3. The quantitative estimate of drug-likeness (QED) is 0.572. The van der Waals surface area contributed by atoms with Crippen LogP contribution >= 0.6 is 11.8 Å². The predicted molar refractivity (Wildman–Crippen MR) is 120 cm³/mol. The smallest absolute Gasteiger partial charge is 0.268 e. The van der Waals surface area contributed by atoms with Crippen molar-refractivity contribution in [3.05, 3.63) is 101 Å². The van der Waals surface area contributed by atoms with E-state index in [0.29, 0.717) is 29.1 Å². The van der Waals surface area contributed by atoms with Crippen LogP contribution in [0.3, 0.4) is 0 Å². The highest BCUT2D eigenvalue weighted by atomic mass is 32.2. The van der Waals surface area contributed by atoms with Gasteiger partial charge in [-0.3, -0.25) is 9.59 Å². The molecule has 3 aromatic carbocycles. The highest BCUT2D eigenvalue weighted by Crippen LogP contribution is 2.55. The van der Waals surface area contributed by atoms with E-state index in [0.717, 1.165) is 5.56 Å². The van der Waals surface area contributed by atoms with Gasteiger partial charge in [0.25, 0.3) is 11.8 Å². The summed E-state index contributed by atoms with van der Waals surface area (Å²) >= 11 is 1.38. The van der Waals surface area contributed by atoms with Gasteiger partial charge in [0.15, 0.2) is 4.87 Å². The van der Waals surface area contributed by atoms with Gasteiger partial charge < -0.3 is 9.80 Å². The van der Waals surface area contributed by atoms with Crippen LogP contribution in [0, 0.1) is 18.6 Å². The van der Waals surface area contributed by atoms with Gasteiger partial charge in [-0.25, -0.2) is 8.78 Å². The van der Waals surface area contributed by atoms with Gasteiger partial charge in [0, 0.05) is 17.9 Å². The molecule has 0 aromatic heterocycles. The van der Waals surface area contributed by atoms with Crippen LogP contribution in [0.25, 0.3) is 0 Å². The maximum Gasteiger partial charge on any atom is 0.268 e. The molecule has 7 heteroatoms. The third kappa shape index (κ3) is 3.11. The first-order valence-corrected chi connectivity index (χ1v) is 11.3. The van der Waals surface area contributed by atoms with Crippen LogP contribution < -0.4 is 4.90 Å². The number of anilines is 1. The second kappa shape index (κ2) is 7.74. The lowest BCUT2D eigenvalue weighted by Crippen LogP contribution is -2.50. The second-order valence-corrected chi connectivity index (χ2v) is 9.26. The molecule has 1 saturated heterocycles. The third-order valence-corrected chi connectivity index (χ3v) is 7.35. The zero-order valence-corrected chi connectivity index (χ0v) is 18.2. The molecule has 3 aromatic rings. The summed E-state index contributed by atoms with van der Waals surface area (Å²) in [6.07, 6.45) is 0. The zero-order chi connectivity index (χ0) is 22.5. The number of hydrogen-bond donors (Lipinski definition) is 0. The van der Waals surface area contributed by atoms with Gasteiger partial charge >= 0.3 is 0 Å². The minimum Gasteiger partial charge on any atom is -0.311 e. The summed E-state index contributed by atoms with van der Waals surface area (Å²) in [7, 11) is 0. The normalized spacial score (nSPS) is 19.7. The van der Waals surface area contributed by atoms with Crippen LogP contribution in [0.15, 0.2) is 66.7 Å². The Morgan fingerprint density at radius 2 is 1.88 bits per heavy atom. The van der Waals surface area contributed by atoms with Crippen molar-refractivity contribution in [2.75, 3.05) is 17.2 Å². The van der Waals surface area contributed by atoms with E-state index >= 15 is 0 Å². The van der Waals surface area contributed by atoms with Gasteiger partial charge in [-0.15, -0.1) is 11.8 Å². The molecule has 1 atom stereocenters. The van der Waals surface area contributed by atoms with Crippen LogP contribution in [0.4, 0.5) is 14.5 Å². The molecule has 5 rings (SSSR count). The molecule has 0 N–H and O–H groups in total. The molecule has 0 saturated carbocycles. The highest BCUT2D eigenvalue weighted by molar-refractivity contribution is 8.01. The Balaban J connectivity index is 1.61. The van der Waals surface area contributed by atoms with Crippen molar-refractivity contribution in [2.24, 2.45) is 0 Å². The number of fused-ring (bicyclic) bond motifs is 2. The maximum absolute atomic E-state index is 14.4. The third-order valence-electron chi connectivity index (χ3n) is 5.93. The number of benzene rings is 3. The molecule has 1 fully saturated rings. The summed E-state index contributed by atoms with van der Waals surface area (Å²) in [6.45, 7) is 2.43. The van der Waals surface area contributed by atoms with Gasteiger partial charge in [-0.05, 0) is 42.8 Å².